The highest BCUT2D eigenvalue weighted by Gasteiger charge is 2.17. The molecule has 0 aliphatic heterocycles. The molecule has 0 atom stereocenters. The molecule has 0 bridgehead atoms. The van der Waals surface area contributed by atoms with Gasteiger partial charge in [0.15, 0.2) is 0 Å². The van der Waals surface area contributed by atoms with Gasteiger partial charge < -0.3 is 0 Å². The first kappa shape index (κ1) is 16.3. The molecule has 0 aliphatic carbocycles. The smallest absolute Gasteiger partial charge is 0.241 e. The first-order valence-corrected chi connectivity index (χ1v) is 8.82. The summed E-state index contributed by atoms with van der Waals surface area (Å²) in [5.41, 5.74) is 3.07. The lowest BCUT2D eigenvalue weighted by Gasteiger charge is -2.08. The third-order valence-electron chi connectivity index (χ3n) is 3.53. The first-order chi connectivity index (χ1) is 11.5. The summed E-state index contributed by atoms with van der Waals surface area (Å²) in [6.07, 6.45) is 4.99. The van der Waals surface area contributed by atoms with E-state index in [1.165, 1.54) is 0 Å². The molecule has 0 radical (unpaired) electrons. The second-order valence-electron chi connectivity index (χ2n) is 5.45. The van der Waals surface area contributed by atoms with E-state index in [9.17, 15) is 8.42 Å². The van der Waals surface area contributed by atoms with Crippen LogP contribution in [0.2, 0.25) is 0 Å². The molecule has 1 N–H and O–H groups in total. The number of benzene rings is 1. The van der Waals surface area contributed by atoms with Gasteiger partial charge in [-0.25, -0.2) is 17.8 Å². The Morgan fingerprint density at radius 3 is 2.58 bits per heavy atom. The number of nitrogens with one attached hydrogen (secondary N) is 1. The maximum absolute atomic E-state index is 12.4. The summed E-state index contributed by atoms with van der Waals surface area (Å²) in [5.74, 6) is 0. The Hall–Kier alpha value is -2.58. The van der Waals surface area contributed by atoms with Gasteiger partial charge in [-0.15, -0.1) is 5.10 Å². The summed E-state index contributed by atoms with van der Waals surface area (Å²) in [6, 6.07) is 8.81. The van der Waals surface area contributed by atoms with Crippen molar-refractivity contribution in [2.75, 3.05) is 0 Å². The summed E-state index contributed by atoms with van der Waals surface area (Å²) in [6.45, 7) is 3.77. The van der Waals surface area contributed by atoms with Crippen molar-refractivity contribution in [3.05, 3.63) is 65.7 Å². The molecular weight excluding hydrogens is 326 g/mol. The minimum Gasteiger partial charge on any atom is -0.265 e. The van der Waals surface area contributed by atoms with Crippen LogP contribution in [-0.2, 0) is 16.6 Å². The largest absolute Gasteiger partial charge is 0.265 e. The van der Waals surface area contributed by atoms with Crippen LogP contribution in [0.25, 0.3) is 5.69 Å². The quantitative estimate of drug-likeness (QED) is 0.762. The minimum absolute atomic E-state index is 0.0702. The molecular formula is C16H17N5O2S. The number of aryl methyl sites for hydroxylation is 2. The molecule has 0 amide bonds. The Morgan fingerprint density at radius 1 is 1.12 bits per heavy atom. The van der Waals surface area contributed by atoms with Crippen LogP contribution in [-0.4, -0.2) is 28.4 Å². The lowest BCUT2D eigenvalue weighted by atomic mass is 10.2. The standard InChI is InChI=1S/C16H17N5O2S/c1-12-3-4-16(13(2)9-12)24(22,23)18-10-14-11-21(20-19-14)15-5-7-17-8-6-15/h3-9,11,18H,10H2,1-2H3. The molecule has 0 fully saturated rings. The van der Waals surface area contributed by atoms with Crippen molar-refractivity contribution in [2.24, 2.45) is 0 Å². The number of pyridine rings is 1. The molecule has 0 aliphatic rings. The van der Waals surface area contributed by atoms with E-state index in [1.54, 1.807) is 54.5 Å². The zero-order chi connectivity index (χ0) is 17.2. The topological polar surface area (TPSA) is 89.8 Å². The van der Waals surface area contributed by atoms with Crippen LogP contribution in [0.15, 0.2) is 53.8 Å². The fourth-order valence-corrected chi connectivity index (χ4v) is 3.57. The maximum Gasteiger partial charge on any atom is 0.241 e. The van der Waals surface area contributed by atoms with Crippen LogP contribution < -0.4 is 4.72 Å². The van der Waals surface area contributed by atoms with Crippen LogP contribution in [0, 0.1) is 13.8 Å². The van der Waals surface area contributed by atoms with Gasteiger partial charge in [0.25, 0.3) is 0 Å². The molecule has 3 aromatic rings. The molecule has 7 nitrogen and oxygen atoms in total. The normalized spacial score (nSPS) is 11.6. The molecule has 0 saturated carbocycles. The van der Waals surface area contributed by atoms with E-state index in [1.807, 2.05) is 13.0 Å². The van der Waals surface area contributed by atoms with Gasteiger partial charge in [0.1, 0.15) is 0 Å². The average molecular weight is 343 g/mol. The molecule has 8 heteroatoms. The van der Waals surface area contributed by atoms with E-state index in [4.69, 9.17) is 0 Å². The lowest BCUT2D eigenvalue weighted by Crippen LogP contribution is -2.24. The first-order valence-electron chi connectivity index (χ1n) is 7.34. The fourth-order valence-electron chi connectivity index (χ4n) is 2.35. The van der Waals surface area contributed by atoms with Gasteiger partial charge in [-0.3, -0.25) is 4.98 Å². The lowest BCUT2D eigenvalue weighted by molar-refractivity contribution is 0.579. The molecule has 1 aromatic carbocycles. The number of hydrogen-bond acceptors (Lipinski definition) is 5. The van der Waals surface area contributed by atoms with Crippen molar-refractivity contribution in [1.29, 1.82) is 0 Å². The van der Waals surface area contributed by atoms with Gasteiger partial charge in [-0.05, 0) is 37.6 Å². The highest BCUT2D eigenvalue weighted by molar-refractivity contribution is 7.89. The Morgan fingerprint density at radius 2 is 1.88 bits per heavy atom. The van der Waals surface area contributed by atoms with Crippen LogP contribution in [0.5, 0.6) is 0 Å². The van der Waals surface area contributed by atoms with Gasteiger partial charge in [-0.1, -0.05) is 22.9 Å². The summed E-state index contributed by atoms with van der Waals surface area (Å²) < 4.78 is 29.0. The molecule has 24 heavy (non-hydrogen) atoms. The summed E-state index contributed by atoms with van der Waals surface area (Å²) >= 11 is 0. The number of hydrogen-bond donors (Lipinski definition) is 1. The summed E-state index contributed by atoms with van der Waals surface area (Å²) in [7, 11) is -3.60. The molecule has 0 spiro atoms. The van der Waals surface area contributed by atoms with E-state index in [-0.39, 0.29) is 11.4 Å². The van der Waals surface area contributed by atoms with E-state index in [2.05, 4.69) is 20.0 Å². The molecule has 2 heterocycles. The number of sulfonamides is 1. The average Bonchev–Trinajstić information content (AvgIpc) is 3.02. The van der Waals surface area contributed by atoms with E-state index >= 15 is 0 Å². The Balaban J connectivity index is 1.75. The van der Waals surface area contributed by atoms with Crippen LogP contribution in [0.4, 0.5) is 0 Å². The Kier molecular flexibility index (Phi) is 4.41. The van der Waals surface area contributed by atoms with Crippen molar-refractivity contribution < 1.29 is 8.42 Å². The fraction of sp³-hybridized carbons (Fsp3) is 0.188. The van der Waals surface area contributed by atoms with Crippen molar-refractivity contribution in [1.82, 2.24) is 24.7 Å². The van der Waals surface area contributed by atoms with Gasteiger partial charge in [-0.2, -0.15) is 0 Å². The predicted octanol–water partition coefficient (Wildman–Crippen LogP) is 1.76. The van der Waals surface area contributed by atoms with Gasteiger partial charge >= 0.3 is 0 Å². The zero-order valence-electron chi connectivity index (χ0n) is 13.3. The Bertz CT molecular complexity index is 952. The molecule has 0 saturated heterocycles. The number of nitrogens with zero attached hydrogens (tertiary/aromatic N) is 4. The molecule has 3 rings (SSSR count). The van der Waals surface area contributed by atoms with Crippen molar-refractivity contribution >= 4 is 10.0 Å². The van der Waals surface area contributed by atoms with E-state index < -0.39 is 10.0 Å². The van der Waals surface area contributed by atoms with E-state index in [0.29, 0.717) is 11.3 Å². The SMILES string of the molecule is Cc1ccc(S(=O)(=O)NCc2cn(-c3ccncc3)nn2)c(C)c1. The van der Waals surface area contributed by atoms with E-state index in [0.717, 1.165) is 11.3 Å². The highest BCUT2D eigenvalue weighted by Crippen LogP contribution is 2.16. The molecule has 2 aromatic heterocycles. The minimum atomic E-state index is -3.60. The maximum atomic E-state index is 12.4. The van der Waals surface area contributed by atoms with Crippen molar-refractivity contribution in [3.63, 3.8) is 0 Å². The van der Waals surface area contributed by atoms with Gasteiger partial charge in [0.05, 0.1) is 29.0 Å². The highest BCUT2D eigenvalue weighted by atomic mass is 32.2. The zero-order valence-corrected chi connectivity index (χ0v) is 14.2. The van der Waals surface area contributed by atoms with Crippen LogP contribution >= 0.6 is 0 Å². The Labute approximate surface area is 140 Å². The number of aromatic nitrogens is 4. The third kappa shape index (κ3) is 3.50. The predicted molar refractivity (Wildman–Crippen MR) is 89.1 cm³/mol. The monoisotopic (exact) mass is 343 g/mol. The van der Waals surface area contributed by atoms with Crippen molar-refractivity contribution in [3.8, 4) is 5.69 Å². The molecule has 124 valence electrons. The third-order valence-corrected chi connectivity index (χ3v) is 5.09. The van der Waals surface area contributed by atoms with Crippen LogP contribution in [0.1, 0.15) is 16.8 Å². The second-order valence-corrected chi connectivity index (χ2v) is 7.19. The van der Waals surface area contributed by atoms with Gasteiger partial charge in [0, 0.05) is 12.4 Å². The molecule has 0 unspecified atom stereocenters. The summed E-state index contributed by atoms with van der Waals surface area (Å²) in [4.78, 5) is 4.21. The summed E-state index contributed by atoms with van der Waals surface area (Å²) in [5, 5.41) is 7.98. The van der Waals surface area contributed by atoms with Crippen molar-refractivity contribution in [2.45, 2.75) is 25.3 Å². The number of rotatable bonds is 5. The van der Waals surface area contributed by atoms with Gasteiger partial charge in [0.2, 0.25) is 10.0 Å². The second kappa shape index (κ2) is 6.50. The van der Waals surface area contributed by atoms with Crippen LogP contribution in [0.3, 0.4) is 0 Å².